The monoisotopic (exact) mass is 482 g/mol. The van der Waals surface area contributed by atoms with Crippen LogP contribution >= 0.6 is 11.6 Å². The van der Waals surface area contributed by atoms with Gasteiger partial charge < -0.3 is 19.2 Å². The molecule has 0 atom stereocenters. The summed E-state index contributed by atoms with van der Waals surface area (Å²) in [6.07, 6.45) is 0. The molecule has 1 aromatic heterocycles. The highest BCUT2D eigenvalue weighted by Crippen LogP contribution is 2.37. The molecule has 1 N–H and O–H groups in total. The molecule has 0 aliphatic carbocycles. The number of ether oxygens (including phenoxy) is 2. The van der Waals surface area contributed by atoms with Crippen LogP contribution in [0.4, 0.5) is 5.88 Å². The Morgan fingerprint density at radius 1 is 0.909 bits per heavy atom. The van der Waals surface area contributed by atoms with Crippen LogP contribution in [0.15, 0.2) is 87.1 Å². The van der Waals surface area contributed by atoms with Crippen LogP contribution in [-0.2, 0) is 16.4 Å². The van der Waals surface area contributed by atoms with Crippen molar-refractivity contribution in [1.29, 1.82) is 0 Å². The number of aromatic nitrogens is 1. The summed E-state index contributed by atoms with van der Waals surface area (Å²) in [6.45, 7) is 1.02. The van der Waals surface area contributed by atoms with E-state index in [1.54, 1.807) is 24.3 Å². The summed E-state index contributed by atoms with van der Waals surface area (Å²) < 4.78 is 44.1. The predicted molar refractivity (Wildman–Crippen MR) is 124 cm³/mol. The number of halogens is 1. The smallest absolute Gasteiger partial charge is 0.234 e. The van der Waals surface area contributed by atoms with Crippen LogP contribution in [0.25, 0.3) is 11.5 Å². The van der Waals surface area contributed by atoms with E-state index in [1.165, 1.54) is 12.1 Å². The Bertz CT molecular complexity index is 1400. The zero-order valence-electron chi connectivity index (χ0n) is 17.3. The van der Waals surface area contributed by atoms with Crippen LogP contribution < -0.4 is 14.8 Å². The first-order valence-electron chi connectivity index (χ1n) is 10.2. The van der Waals surface area contributed by atoms with Crippen LogP contribution in [0.2, 0.25) is 5.02 Å². The van der Waals surface area contributed by atoms with Gasteiger partial charge >= 0.3 is 0 Å². The average molecular weight is 483 g/mol. The van der Waals surface area contributed by atoms with E-state index in [0.29, 0.717) is 35.3 Å². The molecule has 0 radical (unpaired) electrons. The minimum atomic E-state index is -4.04. The molecule has 1 aliphatic heterocycles. The summed E-state index contributed by atoms with van der Waals surface area (Å²) in [4.78, 5) is 4.38. The quantitative estimate of drug-likeness (QED) is 0.403. The summed E-state index contributed by atoms with van der Waals surface area (Å²) in [6, 6.07) is 20.9. The van der Waals surface area contributed by atoms with Gasteiger partial charge in [0.05, 0.1) is 4.90 Å². The molecule has 0 saturated heterocycles. The van der Waals surface area contributed by atoms with E-state index in [0.717, 1.165) is 5.56 Å². The number of fused-ring (bicyclic) bond motifs is 1. The maximum Gasteiger partial charge on any atom is 0.234 e. The highest BCUT2D eigenvalue weighted by Gasteiger charge is 2.30. The molecule has 7 nitrogen and oxygen atoms in total. The van der Waals surface area contributed by atoms with Gasteiger partial charge in [0, 0.05) is 23.2 Å². The summed E-state index contributed by atoms with van der Waals surface area (Å²) in [5.41, 5.74) is 1.45. The molecule has 0 fully saturated rings. The first-order valence-corrected chi connectivity index (χ1v) is 12.1. The summed E-state index contributed by atoms with van der Waals surface area (Å²) in [7, 11) is -4.04. The third-order valence-corrected chi connectivity index (χ3v) is 7.12. The molecular formula is C24H19ClN2O5S. The minimum Gasteiger partial charge on any atom is -0.486 e. The first-order chi connectivity index (χ1) is 16.0. The van der Waals surface area contributed by atoms with Crippen LogP contribution in [0.1, 0.15) is 5.56 Å². The van der Waals surface area contributed by atoms with Crippen molar-refractivity contribution in [3.63, 3.8) is 0 Å². The molecular weight excluding hydrogens is 464 g/mol. The van der Waals surface area contributed by atoms with E-state index >= 15 is 0 Å². The van der Waals surface area contributed by atoms with E-state index in [9.17, 15) is 8.42 Å². The number of benzene rings is 3. The number of nitrogens with one attached hydrogen (secondary N) is 1. The van der Waals surface area contributed by atoms with E-state index in [2.05, 4.69) is 10.3 Å². The summed E-state index contributed by atoms with van der Waals surface area (Å²) >= 11 is 6.25. The van der Waals surface area contributed by atoms with Crippen molar-refractivity contribution >= 4 is 27.3 Å². The van der Waals surface area contributed by atoms with Crippen molar-refractivity contribution in [3.8, 4) is 23.0 Å². The fourth-order valence-electron chi connectivity index (χ4n) is 3.42. The zero-order valence-corrected chi connectivity index (χ0v) is 18.9. The molecule has 5 rings (SSSR count). The highest BCUT2D eigenvalue weighted by molar-refractivity contribution is 7.91. The van der Waals surface area contributed by atoms with Gasteiger partial charge in [-0.1, -0.05) is 48.0 Å². The highest BCUT2D eigenvalue weighted by atomic mass is 35.5. The minimum absolute atomic E-state index is 0.0282. The third kappa shape index (κ3) is 4.27. The standard InChI is InChI=1S/C24H19ClN2O5S/c25-19-9-5-4-8-17(19)15-26-23-24(27-22(32-23)16-6-2-1-3-7-16)33(28,29)18-10-11-20-21(14-18)31-13-12-30-20/h1-11,14,26H,12-13,15H2. The normalized spacial score (nSPS) is 13.0. The number of oxazole rings is 1. The molecule has 3 aromatic carbocycles. The molecule has 2 heterocycles. The molecule has 0 spiro atoms. The first kappa shape index (κ1) is 21.4. The number of anilines is 1. The molecule has 0 saturated carbocycles. The average Bonchev–Trinajstić information content (AvgIpc) is 3.29. The van der Waals surface area contributed by atoms with Gasteiger partial charge in [0.1, 0.15) is 13.2 Å². The second kappa shape index (κ2) is 8.80. The van der Waals surface area contributed by atoms with Crippen molar-refractivity contribution in [3.05, 3.63) is 83.4 Å². The number of nitrogens with zero attached hydrogens (tertiary/aromatic N) is 1. The van der Waals surface area contributed by atoms with Gasteiger partial charge in [-0.25, -0.2) is 8.42 Å². The van der Waals surface area contributed by atoms with Crippen molar-refractivity contribution in [2.75, 3.05) is 18.5 Å². The molecule has 0 bridgehead atoms. The van der Waals surface area contributed by atoms with Crippen molar-refractivity contribution in [2.24, 2.45) is 0 Å². The number of sulfone groups is 1. The SMILES string of the molecule is O=S(=O)(c1ccc2c(c1)OCCO2)c1nc(-c2ccccc2)oc1NCc1ccccc1Cl. The maximum atomic E-state index is 13.6. The van der Waals surface area contributed by atoms with E-state index in [-0.39, 0.29) is 28.2 Å². The second-order valence-electron chi connectivity index (χ2n) is 7.27. The van der Waals surface area contributed by atoms with E-state index in [1.807, 2.05) is 36.4 Å². The number of hydrogen-bond acceptors (Lipinski definition) is 7. The largest absolute Gasteiger partial charge is 0.486 e. The lowest BCUT2D eigenvalue weighted by molar-refractivity contribution is 0.171. The molecule has 4 aromatic rings. The van der Waals surface area contributed by atoms with Crippen molar-refractivity contribution < 1.29 is 22.3 Å². The fourth-order valence-corrected chi connectivity index (χ4v) is 4.92. The Labute approximate surface area is 195 Å². The Hall–Kier alpha value is -3.49. The van der Waals surface area contributed by atoms with Crippen LogP contribution in [0.5, 0.6) is 11.5 Å². The molecule has 168 valence electrons. The number of rotatable bonds is 6. The van der Waals surface area contributed by atoms with E-state index in [4.69, 9.17) is 25.5 Å². The fraction of sp³-hybridized carbons (Fsp3) is 0.125. The Balaban J connectivity index is 1.56. The predicted octanol–water partition coefficient (Wildman–Crippen LogP) is 5.21. The van der Waals surface area contributed by atoms with Crippen LogP contribution in [0, 0.1) is 0 Å². The van der Waals surface area contributed by atoms with Crippen LogP contribution in [0.3, 0.4) is 0 Å². The molecule has 0 amide bonds. The topological polar surface area (TPSA) is 90.7 Å². The van der Waals surface area contributed by atoms with Gasteiger partial charge in [-0.05, 0) is 35.9 Å². The van der Waals surface area contributed by atoms with Crippen LogP contribution in [-0.4, -0.2) is 26.6 Å². The van der Waals surface area contributed by atoms with Gasteiger partial charge in [-0.15, -0.1) is 0 Å². The summed E-state index contributed by atoms with van der Waals surface area (Å²) in [5, 5.41) is 3.39. The van der Waals surface area contributed by atoms with Gasteiger partial charge in [0.2, 0.25) is 26.6 Å². The van der Waals surface area contributed by atoms with Crippen molar-refractivity contribution in [1.82, 2.24) is 4.98 Å². The lowest BCUT2D eigenvalue weighted by Gasteiger charge is -2.18. The van der Waals surface area contributed by atoms with Gasteiger partial charge in [-0.3, -0.25) is 0 Å². The van der Waals surface area contributed by atoms with Gasteiger partial charge in [0.15, 0.2) is 11.5 Å². The Morgan fingerprint density at radius 3 is 2.42 bits per heavy atom. The lowest BCUT2D eigenvalue weighted by Crippen LogP contribution is -2.16. The zero-order chi connectivity index (χ0) is 22.8. The second-order valence-corrected chi connectivity index (χ2v) is 9.55. The van der Waals surface area contributed by atoms with Crippen molar-refractivity contribution in [2.45, 2.75) is 16.5 Å². The third-order valence-electron chi connectivity index (χ3n) is 5.09. The molecule has 9 heteroatoms. The van der Waals surface area contributed by atoms with E-state index < -0.39 is 9.84 Å². The number of hydrogen-bond donors (Lipinski definition) is 1. The molecule has 0 unspecified atom stereocenters. The summed E-state index contributed by atoms with van der Waals surface area (Å²) in [5.74, 6) is 1.10. The molecule has 33 heavy (non-hydrogen) atoms. The molecule has 1 aliphatic rings. The Morgan fingerprint density at radius 2 is 1.64 bits per heavy atom. The Kier molecular flexibility index (Phi) is 5.70. The lowest BCUT2D eigenvalue weighted by atomic mass is 10.2. The van der Waals surface area contributed by atoms with Gasteiger partial charge in [-0.2, -0.15) is 4.98 Å². The van der Waals surface area contributed by atoms with Gasteiger partial charge in [0.25, 0.3) is 0 Å². The maximum absolute atomic E-state index is 13.6.